The smallest absolute Gasteiger partial charge is 0.228 e. The van der Waals surface area contributed by atoms with Crippen LogP contribution < -0.4 is 0 Å². The largest absolute Gasteiger partial charge is 0.508 e. The van der Waals surface area contributed by atoms with Crippen LogP contribution in [0.4, 0.5) is 0 Å². The molecule has 1 aromatic rings. The summed E-state index contributed by atoms with van der Waals surface area (Å²) in [6.07, 6.45) is -2.52. The molecule has 0 unspecified atom stereocenters. The minimum Gasteiger partial charge on any atom is -0.508 e. The second kappa shape index (κ2) is 6.23. The van der Waals surface area contributed by atoms with E-state index in [1.54, 1.807) is 25.1 Å². The first kappa shape index (κ1) is 14.8. The molecule has 1 saturated heterocycles. The van der Waals surface area contributed by atoms with Gasteiger partial charge < -0.3 is 29.9 Å². The van der Waals surface area contributed by atoms with Gasteiger partial charge in [-0.15, -0.1) is 0 Å². The van der Waals surface area contributed by atoms with Gasteiger partial charge in [-0.2, -0.15) is 0 Å². The highest BCUT2D eigenvalue weighted by Gasteiger charge is 2.42. The molecule has 0 amide bonds. The molecule has 1 fully saturated rings. The second-order valence-electron chi connectivity index (χ2n) is 4.71. The summed E-state index contributed by atoms with van der Waals surface area (Å²) in [6, 6.07) is 6.45. The molecule has 1 aromatic carbocycles. The number of phenolic OH excluding ortho intramolecular Hbond substituents is 1. The van der Waals surface area contributed by atoms with Crippen molar-refractivity contribution in [1.82, 2.24) is 0 Å². The van der Waals surface area contributed by atoms with Crippen molar-refractivity contribution < 1.29 is 29.9 Å². The Labute approximate surface area is 116 Å². The maximum atomic E-state index is 9.73. The third-order valence-corrected chi connectivity index (χ3v) is 3.17. The Kier molecular flexibility index (Phi) is 4.61. The lowest BCUT2D eigenvalue weighted by Gasteiger charge is -2.38. The maximum absolute atomic E-state index is 9.73. The molecule has 4 N–H and O–H groups in total. The van der Waals surface area contributed by atoms with Crippen LogP contribution in [0.1, 0.15) is 12.5 Å². The number of rotatable bonds is 3. The maximum Gasteiger partial charge on any atom is 0.228 e. The number of aliphatic hydroxyl groups excluding tert-OH is 3. The van der Waals surface area contributed by atoms with Gasteiger partial charge in [-0.1, -0.05) is 12.1 Å². The molecule has 110 valence electrons. The summed E-state index contributed by atoms with van der Waals surface area (Å²) in [5.74, 6) is 0.167. The number of aromatic hydroxyl groups is 1. The molecule has 0 saturated carbocycles. The van der Waals surface area contributed by atoms with Crippen LogP contribution in [0, 0.1) is 0 Å². The molecule has 1 aliphatic heterocycles. The zero-order valence-electron chi connectivity index (χ0n) is 11.0. The first-order valence-electron chi connectivity index (χ1n) is 6.30. The molecule has 2 rings (SSSR count). The molecule has 6 nitrogen and oxygen atoms in total. The predicted molar refractivity (Wildman–Crippen MR) is 70.6 cm³/mol. The van der Waals surface area contributed by atoms with Gasteiger partial charge in [0, 0.05) is 0 Å². The molecule has 0 aliphatic carbocycles. The Morgan fingerprint density at radius 3 is 2.35 bits per heavy atom. The molecule has 6 heteroatoms. The van der Waals surface area contributed by atoms with Crippen molar-refractivity contribution in [1.29, 1.82) is 0 Å². The van der Waals surface area contributed by atoms with E-state index in [2.05, 4.69) is 0 Å². The van der Waals surface area contributed by atoms with Crippen molar-refractivity contribution in [3.05, 3.63) is 36.1 Å². The van der Waals surface area contributed by atoms with Crippen molar-refractivity contribution in [3.8, 4) is 5.75 Å². The summed E-state index contributed by atoms with van der Waals surface area (Å²) in [6.45, 7) is 1.58. The number of phenols is 1. The highest BCUT2D eigenvalue weighted by Crippen LogP contribution is 2.22. The van der Waals surface area contributed by atoms with E-state index in [0.29, 0.717) is 0 Å². The molecule has 5 atom stereocenters. The van der Waals surface area contributed by atoms with Crippen molar-refractivity contribution >= 4 is 6.08 Å². The van der Waals surface area contributed by atoms with Crippen LogP contribution in [0.2, 0.25) is 0 Å². The van der Waals surface area contributed by atoms with Gasteiger partial charge in [-0.3, -0.25) is 0 Å². The second-order valence-corrected chi connectivity index (χ2v) is 4.71. The Morgan fingerprint density at radius 2 is 1.70 bits per heavy atom. The quantitative estimate of drug-likeness (QED) is 0.591. The lowest BCUT2D eigenvalue weighted by Crippen LogP contribution is -2.56. The minimum absolute atomic E-state index is 0.167. The van der Waals surface area contributed by atoms with Crippen LogP contribution in [0.3, 0.4) is 0 Å². The topological polar surface area (TPSA) is 99.4 Å². The Balaban J connectivity index is 1.94. The third-order valence-electron chi connectivity index (χ3n) is 3.17. The van der Waals surface area contributed by atoms with Crippen LogP contribution in [-0.4, -0.2) is 51.1 Å². The fourth-order valence-corrected chi connectivity index (χ4v) is 1.91. The van der Waals surface area contributed by atoms with Gasteiger partial charge in [0.1, 0.15) is 24.1 Å². The van der Waals surface area contributed by atoms with Crippen LogP contribution in [-0.2, 0) is 9.47 Å². The SMILES string of the molecule is C[C@@H]1O[C@@H](O/C=C/c2ccc(O)cc2)[C@H](O)[C@H](O)[C@H]1O. The summed E-state index contributed by atoms with van der Waals surface area (Å²) in [5, 5.41) is 38.0. The summed E-state index contributed by atoms with van der Waals surface area (Å²) in [7, 11) is 0. The number of aliphatic hydroxyl groups is 3. The fraction of sp³-hybridized carbons (Fsp3) is 0.429. The van der Waals surface area contributed by atoms with E-state index < -0.39 is 30.7 Å². The number of benzene rings is 1. The molecule has 0 radical (unpaired) electrons. The van der Waals surface area contributed by atoms with Gasteiger partial charge >= 0.3 is 0 Å². The molecular weight excluding hydrogens is 264 g/mol. The van der Waals surface area contributed by atoms with Crippen molar-refractivity contribution in [3.63, 3.8) is 0 Å². The van der Waals surface area contributed by atoms with E-state index in [4.69, 9.17) is 14.6 Å². The third kappa shape index (κ3) is 3.29. The van der Waals surface area contributed by atoms with Gasteiger partial charge in [0.05, 0.1) is 12.4 Å². The number of hydrogen-bond donors (Lipinski definition) is 4. The van der Waals surface area contributed by atoms with Crippen molar-refractivity contribution in [2.45, 2.75) is 37.6 Å². The average molecular weight is 282 g/mol. The molecule has 1 aliphatic rings. The highest BCUT2D eigenvalue weighted by atomic mass is 16.7. The van der Waals surface area contributed by atoms with Crippen LogP contribution in [0.25, 0.3) is 6.08 Å². The molecule has 1 heterocycles. The minimum atomic E-state index is -1.33. The van der Waals surface area contributed by atoms with Crippen molar-refractivity contribution in [2.75, 3.05) is 0 Å². The van der Waals surface area contributed by atoms with Gasteiger partial charge in [-0.05, 0) is 30.7 Å². The molecule has 0 bridgehead atoms. The van der Waals surface area contributed by atoms with Crippen molar-refractivity contribution in [2.24, 2.45) is 0 Å². The van der Waals surface area contributed by atoms with E-state index in [-0.39, 0.29) is 5.75 Å². The Hall–Kier alpha value is -1.60. The van der Waals surface area contributed by atoms with Crippen LogP contribution >= 0.6 is 0 Å². The number of hydrogen-bond acceptors (Lipinski definition) is 6. The van der Waals surface area contributed by atoms with Gasteiger partial charge in [-0.25, -0.2) is 0 Å². The summed E-state index contributed by atoms with van der Waals surface area (Å²) >= 11 is 0. The van der Waals surface area contributed by atoms with E-state index in [1.807, 2.05) is 0 Å². The fourth-order valence-electron chi connectivity index (χ4n) is 1.91. The zero-order valence-corrected chi connectivity index (χ0v) is 11.0. The Morgan fingerprint density at radius 1 is 1.05 bits per heavy atom. The first-order valence-corrected chi connectivity index (χ1v) is 6.30. The van der Waals surface area contributed by atoms with Gasteiger partial charge in [0.2, 0.25) is 6.29 Å². The van der Waals surface area contributed by atoms with E-state index in [0.717, 1.165) is 5.56 Å². The summed E-state index contributed by atoms with van der Waals surface area (Å²) in [5.41, 5.74) is 0.793. The first-order chi connectivity index (χ1) is 9.49. The molecular formula is C14H18O6. The zero-order chi connectivity index (χ0) is 14.7. The van der Waals surface area contributed by atoms with Crippen LogP contribution in [0.5, 0.6) is 5.75 Å². The standard InChI is InChI=1S/C14H18O6/c1-8-11(16)12(17)13(18)14(20-8)19-7-6-9-2-4-10(15)5-3-9/h2-8,11-18H,1H3/b7-6+/t8-,11-,12+,13+,14+/m0/s1. The normalized spacial score (nSPS) is 34.3. The van der Waals surface area contributed by atoms with Gasteiger partial charge in [0.15, 0.2) is 0 Å². The average Bonchev–Trinajstić information content (AvgIpc) is 2.44. The van der Waals surface area contributed by atoms with E-state index in [9.17, 15) is 15.3 Å². The summed E-state index contributed by atoms with van der Waals surface area (Å²) < 4.78 is 10.5. The molecule has 0 spiro atoms. The molecule has 20 heavy (non-hydrogen) atoms. The van der Waals surface area contributed by atoms with E-state index >= 15 is 0 Å². The highest BCUT2D eigenvalue weighted by molar-refractivity contribution is 5.49. The Bertz CT molecular complexity index is 457. The predicted octanol–water partition coefficient (Wildman–Crippen LogP) is 0.207. The monoisotopic (exact) mass is 282 g/mol. The summed E-state index contributed by atoms with van der Waals surface area (Å²) in [4.78, 5) is 0. The van der Waals surface area contributed by atoms with E-state index in [1.165, 1.54) is 18.4 Å². The van der Waals surface area contributed by atoms with Gasteiger partial charge in [0.25, 0.3) is 0 Å². The number of ether oxygens (including phenoxy) is 2. The lowest BCUT2D eigenvalue weighted by molar-refractivity contribution is -0.278. The van der Waals surface area contributed by atoms with Crippen LogP contribution in [0.15, 0.2) is 30.5 Å². The lowest BCUT2D eigenvalue weighted by atomic mass is 10.0. The molecule has 0 aromatic heterocycles.